The SMILES string of the molecule is COc1ccc(/C=C/C(=O)Oc2ccc(/C=N/NC(=S)NCc3ccccc3)cc2)cc1. The number of thiocarbonyl (C=S) groups is 1. The summed E-state index contributed by atoms with van der Waals surface area (Å²) in [5, 5.41) is 7.62. The Morgan fingerprint density at radius 1 is 0.938 bits per heavy atom. The van der Waals surface area contributed by atoms with Crippen LogP contribution in [-0.4, -0.2) is 24.4 Å². The zero-order valence-corrected chi connectivity index (χ0v) is 18.3. The number of carbonyl (C=O) groups is 1. The first-order valence-electron chi connectivity index (χ1n) is 9.87. The first-order chi connectivity index (χ1) is 15.6. The van der Waals surface area contributed by atoms with E-state index < -0.39 is 5.97 Å². The molecule has 0 aliphatic carbocycles. The Balaban J connectivity index is 1.43. The number of rotatable bonds is 8. The van der Waals surface area contributed by atoms with Crippen molar-refractivity contribution in [1.29, 1.82) is 0 Å². The van der Waals surface area contributed by atoms with E-state index in [4.69, 9.17) is 21.7 Å². The third-order valence-corrected chi connectivity index (χ3v) is 4.54. The van der Waals surface area contributed by atoms with Crippen molar-refractivity contribution < 1.29 is 14.3 Å². The molecule has 0 atom stereocenters. The molecule has 3 rings (SSSR count). The number of esters is 1. The Kier molecular flexibility index (Phi) is 8.53. The van der Waals surface area contributed by atoms with E-state index >= 15 is 0 Å². The molecule has 0 saturated carbocycles. The molecule has 0 bridgehead atoms. The number of ether oxygens (including phenoxy) is 2. The van der Waals surface area contributed by atoms with Gasteiger partial charge in [0.1, 0.15) is 11.5 Å². The lowest BCUT2D eigenvalue weighted by Crippen LogP contribution is -2.31. The van der Waals surface area contributed by atoms with E-state index in [9.17, 15) is 4.79 Å². The first-order valence-corrected chi connectivity index (χ1v) is 10.3. The zero-order valence-electron chi connectivity index (χ0n) is 17.5. The summed E-state index contributed by atoms with van der Waals surface area (Å²) in [6.07, 6.45) is 4.69. The topological polar surface area (TPSA) is 72.0 Å². The van der Waals surface area contributed by atoms with Gasteiger partial charge in [-0.25, -0.2) is 4.79 Å². The Bertz CT molecular complexity index is 1080. The van der Waals surface area contributed by atoms with Crippen LogP contribution in [0, 0.1) is 0 Å². The van der Waals surface area contributed by atoms with Crippen molar-refractivity contribution in [3.63, 3.8) is 0 Å². The van der Waals surface area contributed by atoms with Crippen molar-refractivity contribution >= 4 is 35.6 Å². The number of hydrazone groups is 1. The van der Waals surface area contributed by atoms with Gasteiger partial charge in [-0.05, 0) is 71.4 Å². The first kappa shape index (κ1) is 22.7. The molecular weight excluding hydrogens is 422 g/mol. The molecule has 32 heavy (non-hydrogen) atoms. The van der Waals surface area contributed by atoms with E-state index in [1.165, 1.54) is 6.08 Å². The summed E-state index contributed by atoms with van der Waals surface area (Å²) in [6, 6.07) is 24.3. The number of benzene rings is 3. The van der Waals surface area contributed by atoms with Crippen LogP contribution in [0.5, 0.6) is 11.5 Å². The predicted molar refractivity (Wildman–Crippen MR) is 131 cm³/mol. The lowest BCUT2D eigenvalue weighted by Gasteiger charge is -2.06. The van der Waals surface area contributed by atoms with Crippen molar-refractivity contribution in [2.24, 2.45) is 5.10 Å². The molecule has 7 heteroatoms. The van der Waals surface area contributed by atoms with Crippen LogP contribution in [0.2, 0.25) is 0 Å². The molecular formula is C25H23N3O3S. The van der Waals surface area contributed by atoms with Crippen LogP contribution in [-0.2, 0) is 11.3 Å². The van der Waals surface area contributed by atoms with Gasteiger partial charge in [0, 0.05) is 12.6 Å². The van der Waals surface area contributed by atoms with Gasteiger partial charge in [0.05, 0.1) is 13.3 Å². The van der Waals surface area contributed by atoms with Crippen molar-refractivity contribution in [2.45, 2.75) is 6.54 Å². The number of nitrogens with one attached hydrogen (secondary N) is 2. The van der Waals surface area contributed by atoms with Gasteiger partial charge in [0.15, 0.2) is 5.11 Å². The van der Waals surface area contributed by atoms with Crippen molar-refractivity contribution in [3.8, 4) is 11.5 Å². The van der Waals surface area contributed by atoms with Gasteiger partial charge in [0.2, 0.25) is 0 Å². The van der Waals surface area contributed by atoms with Gasteiger partial charge in [0.25, 0.3) is 0 Å². The molecule has 0 aliphatic heterocycles. The number of carbonyl (C=O) groups excluding carboxylic acids is 1. The van der Waals surface area contributed by atoms with Crippen LogP contribution in [0.4, 0.5) is 0 Å². The highest BCUT2D eigenvalue weighted by Crippen LogP contribution is 2.14. The normalized spacial score (nSPS) is 10.8. The fourth-order valence-electron chi connectivity index (χ4n) is 2.63. The van der Waals surface area contributed by atoms with E-state index in [1.54, 1.807) is 43.7 Å². The van der Waals surface area contributed by atoms with Crippen LogP contribution >= 0.6 is 12.2 Å². The van der Waals surface area contributed by atoms with E-state index in [0.717, 1.165) is 22.4 Å². The van der Waals surface area contributed by atoms with E-state index in [1.807, 2.05) is 54.6 Å². The fraction of sp³-hybridized carbons (Fsp3) is 0.0800. The molecule has 6 nitrogen and oxygen atoms in total. The third-order valence-electron chi connectivity index (χ3n) is 4.30. The Labute approximate surface area is 192 Å². The molecule has 0 amide bonds. The third kappa shape index (κ3) is 7.70. The minimum Gasteiger partial charge on any atom is -0.497 e. The molecule has 162 valence electrons. The monoisotopic (exact) mass is 445 g/mol. The zero-order chi connectivity index (χ0) is 22.6. The van der Waals surface area contributed by atoms with Gasteiger partial charge in [-0.2, -0.15) is 5.10 Å². The number of hydrogen-bond donors (Lipinski definition) is 2. The molecule has 0 saturated heterocycles. The fourth-order valence-corrected chi connectivity index (χ4v) is 2.76. The van der Waals surface area contributed by atoms with E-state index in [2.05, 4.69) is 15.8 Å². The molecule has 0 heterocycles. The molecule has 3 aromatic carbocycles. The molecule has 2 N–H and O–H groups in total. The molecule has 0 aromatic heterocycles. The van der Waals surface area contributed by atoms with Crippen molar-refractivity contribution in [2.75, 3.05) is 7.11 Å². The highest BCUT2D eigenvalue weighted by atomic mass is 32.1. The average molecular weight is 446 g/mol. The van der Waals surface area contributed by atoms with Crippen LogP contribution in [0.1, 0.15) is 16.7 Å². The number of methoxy groups -OCH3 is 1. The quantitative estimate of drug-likeness (QED) is 0.134. The van der Waals surface area contributed by atoms with Crippen LogP contribution in [0.15, 0.2) is 90.0 Å². The maximum absolute atomic E-state index is 12.0. The van der Waals surface area contributed by atoms with Crippen molar-refractivity contribution in [3.05, 3.63) is 102 Å². The molecule has 0 fully saturated rings. The lowest BCUT2D eigenvalue weighted by molar-refractivity contribution is -0.128. The molecule has 3 aromatic rings. The predicted octanol–water partition coefficient (Wildman–Crippen LogP) is 4.31. The van der Waals surface area contributed by atoms with Gasteiger partial charge in [-0.3, -0.25) is 5.43 Å². The second kappa shape index (κ2) is 12.0. The second-order valence-electron chi connectivity index (χ2n) is 6.63. The number of hydrogen-bond acceptors (Lipinski definition) is 5. The standard InChI is InChI=1S/C25H23N3O3S/c1-30-22-12-7-19(8-13-22)11-16-24(29)31-23-14-9-21(10-15-23)18-27-28-25(32)26-17-20-5-3-2-4-6-20/h2-16,18H,17H2,1H3,(H2,26,28,32)/b16-11+,27-18+. The summed E-state index contributed by atoms with van der Waals surface area (Å²) in [5.41, 5.74) is 5.61. The Morgan fingerprint density at radius 2 is 1.59 bits per heavy atom. The van der Waals surface area contributed by atoms with Crippen LogP contribution in [0.3, 0.4) is 0 Å². The molecule has 0 aliphatic rings. The highest BCUT2D eigenvalue weighted by Gasteiger charge is 2.01. The summed E-state index contributed by atoms with van der Waals surface area (Å²) in [4.78, 5) is 12.0. The Hall–Kier alpha value is -3.97. The molecule has 0 unspecified atom stereocenters. The summed E-state index contributed by atoms with van der Waals surface area (Å²) in [5.74, 6) is 0.743. The van der Waals surface area contributed by atoms with Crippen LogP contribution in [0.25, 0.3) is 6.08 Å². The highest BCUT2D eigenvalue weighted by molar-refractivity contribution is 7.80. The summed E-state index contributed by atoms with van der Waals surface area (Å²) in [7, 11) is 1.61. The van der Waals surface area contributed by atoms with Gasteiger partial charge >= 0.3 is 5.97 Å². The number of nitrogens with zero attached hydrogens (tertiary/aromatic N) is 1. The largest absolute Gasteiger partial charge is 0.497 e. The van der Waals surface area contributed by atoms with E-state index in [0.29, 0.717) is 17.4 Å². The van der Waals surface area contributed by atoms with Gasteiger partial charge in [-0.1, -0.05) is 42.5 Å². The summed E-state index contributed by atoms with van der Waals surface area (Å²) >= 11 is 5.20. The van der Waals surface area contributed by atoms with Gasteiger partial charge in [-0.15, -0.1) is 0 Å². The van der Waals surface area contributed by atoms with E-state index in [-0.39, 0.29) is 0 Å². The smallest absolute Gasteiger partial charge is 0.336 e. The average Bonchev–Trinajstić information content (AvgIpc) is 2.83. The molecule has 0 radical (unpaired) electrons. The minimum absolute atomic E-state index is 0.430. The van der Waals surface area contributed by atoms with Crippen LogP contribution < -0.4 is 20.2 Å². The Morgan fingerprint density at radius 3 is 2.28 bits per heavy atom. The minimum atomic E-state index is -0.459. The maximum atomic E-state index is 12.0. The lowest BCUT2D eigenvalue weighted by atomic mass is 10.2. The second-order valence-corrected chi connectivity index (χ2v) is 7.04. The van der Waals surface area contributed by atoms with Gasteiger partial charge < -0.3 is 14.8 Å². The summed E-state index contributed by atoms with van der Waals surface area (Å²) < 4.78 is 10.4. The molecule has 0 spiro atoms. The maximum Gasteiger partial charge on any atom is 0.336 e. The summed E-state index contributed by atoms with van der Waals surface area (Å²) in [6.45, 7) is 0.620. The van der Waals surface area contributed by atoms with Crippen molar-refractivity contribution in [1.82, 2.24) is 10.7 Å².